The van der Waals surface area contributed by atoms with E-state index in [-0.39, 0.29) is 11.9 Å². The number of pyridine rings is 1. The molecule has 1 amide bonds. The molecule has 1 aromatic rings. The highest BCUT2D eigenvalue weighted by Gasteiger charge is 2.21. The Bertz CT molecular complexity index is 524. The van der Waals surface area contributed by atoms with E-state index < -0.39 is 5.97 Å². The Hall–Kier alpha value is -2.17. The lowest BCUT2D eigenvalue weighted by Crippen LogP contribution is -2.38. The molecule has 1 unspecified atom stereocenters. The molecule has 0 spiro atoms. The summed E-state index contributed by atoms with van der Waals surface area (Å²) in [7, 11) is 1.75. The minimum Gasteiger partial charge on any atom is -0.478 e. The van der Waals surface area contributed by atoms with Crippen molar-refractivity contribution >= 4 is 18.0 Å². The molecule has 5 nitrogen and oxygen atoms in total. The van der Waals surface area contributed by atoms with Crippen LogP contribution >= 0.6 is 0 Å². The topological polar surface area (TPSA) is 70.5 Å². The Morgan fingerprint density at radius 2 is 2.00 bits per heavy atom. The normalized spacial score (nSPS) is 12.7. The van der Waals surface area contributed by atoms with Gasteiger partial charge in [-0.2, -0.15) is 0 Å². The van der Waals surface area contributed by atoms with Crippen LogP contribution in [0.5, 0.6) is 0 Å². The number of aliphatic carboxylic acids is 1. The smallest absolute Gasteiger partial charge is 0.328 e. The van der Waals surface area contributed by atoms with Crippen LogP contribution < -0.4 is 0 Å². The average Bonchev–Trinajstić information content (AvgIpc) is 2.42. The van der Waals surface area contributed by atoms with Crippen molar-refractivity contribution in [2.75, 3.05) is 7.05 Å². The molecule has 0 radical (unpaired) electrons. The first-order valence-electron chi connectivity index (χ1n) is 6.46. The van der Waals surface area contributed by atoms with Crippen LogP contribution in [0.1, 0.15) is 36.7 Å². The van der Waals surface area contributed by atoms with Gasteiger partial charge in [-0.15, -0.1) is 0 Å². The lowest BCUT2D eigenvalue weighted by Gasteiger charge is -2.28. The van der Waals surface area contributed by atoms with Crippen LogP contribution in [-0.4, -0.2) is 40.0 Å². The van der Waals surface area contributed by atoms with Crippen LogP contribution in [0.4, 0.5) is 0 Å². The van der Waals surface area contributed by atoms with E-state index in [0.29, 0.717) is 17.0 Å². The van der Waals surface area contributed by atoms with Crippen LogP contribution in [-0.2, 0) is 4.79 Å². The Kier molecular flexibility index (Phi) is 5.43. The molecule has 108 valence electrons. The summed E-state index contributed by atoms with van der Waals surface area (Å²) < 4.78 is 0. The molecule has 0 fully saturated rings. The molecule has 0 aromatic carbocycles. The Labute approximate surface area is 118 Å². The fraction of sp³-hybridized carbons (Fsp3) is 0.400. The third-order valence-electron chi connectivity index (χ3n) is 3.38. The highest BCUT2D eigenvalue weighted by Crippen LogP contribution is 2.16. The lowest BCUT2D eigenvalue weighted by atomic mass is 10.0. The van der Waals surface area contributed by atoms with Crippen LogP contribution in [0.25, 0.3) is 6.08 Å². The second-order valence-corrected chi connectivity index (χ2v) is 5.04. The van der Waals surface area contributed by atoms with Gasteiger partial charge in [-0.05, 0) is 25.0 Å². The number of aromatic nitrogens is 1. The highest BCUT2D eigenvalue weighted by molar-refractivity contribution is 5.98. The van der Waals surface area contributed by atoms with E-state index in [1.165, 1.54) is 18.5 Å². The molecule has 0 aliphatic heterocycles. The molecule has 0 aliphatic carbocycles. The number of hydrogen-bond donors (Lipinski definition) is 1. The first-order valence-corrected chi connectivity index (χ1v) is 6.46. The Balaban J connectivity index is 3.07. The summed E-state index contributed by atoms with van der Waals surface area (Å²) in [6.07, 6.45) is 5.40. The molecule has 5 heteroatoms. The maximum atomic E-state index is 12.5. The molecule has 20 heavy (non-hydrogen) atoms. The fourth-order valence-corrected chi connectivity index (χ4v) is 1.72. The zero-order chi connectivity index (χ0) is 15.3. The summed E-state index contributed by atoms with van der Waals surface area (Å²) in [5.74, 6) is -0.862. The van der Waals surface area contributed by atoms with Crippen molar-refractivity contribution in [1.29, 1.82) is 0 Å². The van der Waals surface area contributed by atoms with Crippen molar-refractivity contribution < 1.29 is 14.7 Å². The minimum absolute atomic E-state index is 0.0898. The van der Waals surface area contributed by atoms with Gasteiger partial charge in [-0.25, -0.2) is 4.79 Å². The molecule has 1 N–H and O–H groups in total. The monoisotopic (exact) mass is 276 g/mol. The Morgan fingerprint density at radius 1 is 1.35 bits per heavy atom. The van der Waals surface area contributed by atoms with Gasteiger partial charge >= 0.3 is 5.97 Å². The van der Waals surface area contributed by atoms with Gasteiger partial charge < -0.3 is 10.0 Å². The third-order valence-corrected chi connectivity index (χ3v) is 3.38. The van der Waals surface area contributed by atoms with E-state index in [0.717, 1.165) is 6.08 Å². The van der Waals surface area contributed by atoms with E-state index >= 15 is 0 Å². The molecule has 1 aromatic heterocycles. The SMILES string of the molecule is CC(C)C(C)N(C)C(=O)c1ccncc1C=CC(=O)O. The number of nitrogens with zero attached hydrogens (tertiary/aromatic N) is 2. The maximum absolute atomic E-state index is 12.5. The fourth-order valence-electron chi connectivity index (χ4n) is 1.72. The van der Waals surface area contributed by atoms with E-state index in [1.54, 1.807) is 18.0 Å². The maximum Gasteiger partial charge on any atom is 0.328 e. The summed E-state index contributed by atoms with van der Waals surface area (Å²) >= 11 is 0. The predicted molar refractivity (Wildman–Crippen MR) is 77.3 cm³/mol. The summed E-state index contributed by atoms with van der Waals surface area (Å²) in [4.78, 5) is 28.7. The number of hydrogen-bond acceptors (Lipinski definition) is 3. The Morgan fingerprint density at radius 3 is 2.55 bits per heavy atom. The molecular formula is C15H20N2O3. The van der Waals surface area contributed by atoms with Gasteiger partial charge in [-0.3, -0.25) is 9.78 Å². The van der Waals surface area contributed by atoms with Crippen molar-refractivity contribution in [3.8, 4) is 0 Å². The average molecular weight is 276 g/mol. The van der Waals surface area contributed by atoms with Crippen LogP contribution in [0.15, 0.2) is 24.5 Å². The molecule has 0 aliphatic rings. The molecule has 0 saturated heterocycles. The molecule has 0 bridgehead atoms. The van der Waals surface area contributed by atoms with Gasteiger partial charge in [0.25, 0.3) is 5.91 Å². The van der Waals surface area contributed by atoms with Crippen molar-refractivity contribution in [3.63, 3.8) is 0 Å². The van der Waals surface area contributed by atoms with E-state index in [9.17, 15) is 9.59 Å². The lowest BCUT2D eigenvalue weighted by molar-refractivity contribution is -0.131. The van der Waals surface area contributed by atoms with E-state index in [2.05, 4.69) is 4.98 Å². The molecule has 0 saturated carbocycles. The zero-order valence-electron chi connectivity index (χ0n) is 12.2. The summed E-state index contributed by atoms with van der Waals surface area (Å²) in [6, 6.07) is 1.69. The number of rotatable bonds is 5. The number of carbonyl (C=O) groups is 2. The number of carboxylic acids is 1. The zero-order valence-corrected chi connectivity index (χ0v) is 12.2. The van der Waals surface area contributed by atoms with Crippen molar-refractivity contribution in [2.45, 2.75) is 26.8 Å². The van der Waals surface area contributed by atoms with Crippen molar-refractivity contribution in [2.24, 2.45) is 5.92 Å². The quantitative estimate of drug-likeness (QED) is 0.838. The van der Waals surface area contributed by atoms with Crippen LogP contribution in [0.3, 0.4) is 0 Å². The summed E-state index contributed by atoms with van der Waals surface area (Å²) in [5, 5.41) is 8.67. The highest BCUT2D eigenvalue weighted by atomic mass is 16.4. The molecule has 1 rings (SSSR count). The van der Waals surface area contributed by atoms with Gasteiger partial charge in [0.2, 0.25) is 0 Å². The number of amides is 1. The minimum atomic E-state index is -1.06. The van der Waals surface area contributed by atoms with Crippen LogP contribution in [0, 0.1) is 5.92 Å². The van der Waals surface area contributed by atoms with Crippen molar-refractivity contribution in [3.05, 3.63) is 35.7 Å². The van der Waals surface area contributed by atoms with E-state index in [4.69, 9.17) is 5.11 Å². The molecular weight excluding hydrogens is 256 g/mol. The number of carboxylic acid groups (broad SMARTS) is 1. The van der Waals surface area contributed by atoms with Crippen molar-refractivity contribution in [1.82, 2.24) is 9.88 Å². The second kappa shape index (κ2) is 6.84. The standard InChI is InChI=1S/C15H20N2O3/c1-10(2)11(3)17(4)15(20)13-7-8-16-9-12(13)5-6-14(18)19/h5-11H,1-4H3,(H,18,19). The largest absolute Gasteiger partial charge is 0.478 e. The molecule has 1 heterocycles. The number of carbonyl (C=O) groups excluding carboxylic acids is 1. The van der Waals surface area contributed by atoms with E-state index in [1.807, 2.05) is 20.8 Å². The predicted octanol–water partition coefficient (Wildman–Crippen LogP) is 2.30. The van der Waals surface area contributed by atoms with Gasteiger partial charge in [0.15, 0.2) is 0 Å². The second-order valence-electron chi connectivity index (χ2n) is 5.04. The van der Waals surface area contributed by atoms with Crippen LogP contribution in [0.2, 0.25) is 0 Å². The first kappa shape index (κ1) is 15.9. The first-order chi connectivity index (χ1) is 9.34. The van der Waals surface area contributed by atoms with Gasteiger partial charge in [0.05, 0.1) is 0 Å². The molecule has 1 atom stereocenters. The van der Waals surface area contributed by atoms with Gasteiger partial charge in [0, 0.05) is 42.7 Å². The van der Waals surface area contributed by atoms with Gasteiger partial charge in [0.1, 0.15) is 0 Å². The summed E-state index contributed by atoms with van der Waals surface area (Å²) in [5.41, 5.74) is 0.954. The summed E-state index contributed by atoms with van der Waals surface area (Å²) in [6.45, 7) is 6.08. The van der Waals surface area contributed by atoms with Gasteiger partial charge in [-0.1, -0.05) is 13.8 Å². The third kappa shape index (κ3) is 3.91.